The molecule has 0 aliphatic carbocycles. The molecule has 4 N–H and O–H groups in total. The van der Waals surface area contributed by atoms with Gasteiger partial charge in [-0.3, -0.25) is 0 Å². The first-order chi connectivity index (χ1) is 6.86. The van der Waals surface area contributed by atoms with Gasteiger partial charge in [0.1, 0.15) is 0 Å². The van der Waals surface area contributed by atoms with E-state index in [1.165, 1.54) is 6.08 Å². The molecule has 0 atom stereocenters. The minimum atomic E-state index is -5.08. The second-order valence-electron chi connectivity index (χ2n) is 3.30. The number of hydrogen-bond donors (Lipinski definition) is 3. The van der Waals surface area contributed by atoms with Gasteiger partial charge in [-0.25, -0.2) is 9.59 Å². The molecule has 0 aromatic carbocycles. The lowest BCUT2D eigenvalue weighted by atomic mass is 10.1. The fourth-order valence-electron chi connectivity index (χ4n) is 0.286. The van der Waals surface area contributed by atoms with Crippen LogP contribution in [-0.4, -0.2) is 33.9 Å². The van der Waals surface area contributed by atoms with Gasteiger partial charge < -0.3 is 15.9 Å². The molecule has 0 amide bonds. The maximum absolute atomic E-state index is 10.6. The van der Waals surface area contributed by atoms with Crippen LogP contribution < -0.4 is 5.73 Å². The van der Waals surface area contributed by atoms with Gasteiger partial charge in [-0.15, -0.1) is 0 Å². The van der Waals surface area contributed by atoms with Crippen molar-refractivity contribution >= 4 is 11.9 Å². The van der Waals surface area contributed by atoms with Crippen molar-refractivity contribution in [2.75, 3.05) is 0 Å². The fraction of sp³-hybridized carbons (Fsp3) is 0.500. The highest BCUT2D eigenvalue weighted by Gasteiger charge is 2.38. The zero-order chi connectivity index (χ0) is 13.6. The maximum atomic E-state index is 10.6. The minimum Gasteiger partial charge on any atom is -0.478 e. The van der Waals surface area contributed by atoms with E-state index in [0.717, 1.165) is 6.08 Å². The Labute approximate surface area is 89.4 Å². The Morgan fingerprint density at radius 1 is 1.19 bits per heavy atom. The third-order valence-corrected chi connectivity index (χ3v) is 0.898. The van der Waals surface area contributed by atoms with Crippen molar-refractivity contribution in [3.05, 3.63) is 12.2 Å². The van der Waals surface area contributed by atoms with Crippen LogP contribution in [0.15, 0.2) is 12.2 Å². The highest BCUT2D eigenvalue weighted by Crippen LogP contribution is 2.13. The summed E-state index contributed by atoms with van der Waals surface area (Å²) in [5, 5.41) is 15.3. The van der Waals surface area contributed by atoms with Crippen LogP contribution in [0.3, 0.4) is 0 Å². The molecule has 8 heteroatoms. The lowest BCUT2D eigenvalue weighted by Crippen LogP contribution is -2.28. The summed E-state index contributed by atoms with van der Waals surface area (Å²) in [7, 11) is 0. The largest absolute Gasteiger partial charge is 0.490 e. The molecular formula is C8H12F3NO4. The van der Waals surface area contributed by atoms with Gasteiger partial charge in [0.2, 0.25) is 0 Å². The van der Waals surface area contributed by atoms with E-state index in [9.17, 15) is 18.0 Å². The van der Waals surface area contributed by atoms with E-state index in [4.69, 9.17) is 20.7 Å². The van der Waals surface area contributed by atoms with E-state index in [0.29, 0.717) is 0 Å². The number of nitrogens with two attached hydrogens (primary N) is 1. The molecule has 0 aliphatic rings. The van der Waals surface area contributed by atoms with E-state index in [1.807, 2.05) is 0 Å². The molecule has 0 heterocycles. The first-order valence-corrected chi connectivity index (χ1v) is 3.87. The van der Waals surface area contributed by atoms with Crippen molar-refractivity contribution in [1.29, 1.82) is 0 Å². The SMILES string of the molecule is CC(C)(N)/C=C/C(=O)O.O=C(O)C(F)(F)F. The Morgan fingerprint density at radius 2 is 1.50 bits per heavy atom. The number of hydrogen-bond acceptors (Lipinski definition) is 3. The van der Waals surface area contributed by atoms with Gasteiger partial charge in [-0.05, 0) is 13.8 Å². The summed E-state index contributed by atoms with van der Waals surface area (Å²) < 4.78 is 31.7. The highest BCUT2D eigenvalue weighted by atomic mass is 19.4. The van der Waals surface area contributed by atoms with Crippen molar-refractivity contribution in [2.45, 2.75) is 25.6 Å². The third kappa shape index (κ3) is 14.9. The van der Waals surface area contributed by atoms with E-state index in [-0.39, 0.29) is 0 Å². The Balaban J connectivity index is 0. The molecule has 94 valence electrons. The first kappa shape index (κ1) is 16.8. The molecule has 0 aromatic heterocycles. The maximum Gasteiger partial charge on any atom is 0.490 e. The van der Waals surface area contributed by atoms with E-state index in [2.05, 4.69) is 0 Å². The van der Waals surface area contributed by atoms with Gasteiger partial charge in [0.15, 0.2) is 0 Å². The van der Waals surface area contributed by atoms with Crippen LogP contribution in [0.1, 0.15) is 13.8 Å². The summed E-state index contributed by atoms with van der Waals surface area (Å²) in [6, 6.07) is 0. The van der Waals surface area contributed by atoms with Crippen LogP contribution in [-0.2, 0) is 9.59 Å². The molecule has 16 heavy (non-hydrogen) atoms. The van der Waals surface area contributed by atoms with E-state index in [1.54, 1.807) is 13.8 Å². The summed E-state index contributed by atoms with van der Waals surface area (Å²) in [4.78, 5) is 18.8. The average Bonchev–Trinajstić information content (AvgIpc) is 1.99. The number of aliphatic carboxylic acids is 2. The number of alkyl halides is 3. The van der Waals surface area contributed by atoms with Crippen LogP contribution in [0.2, 0.25) is 0 Å². The molecule has 0 fully saturated rings. The molecule has 0 saturated heterocycles. The van der Waals surface area contributed by atoms with Crippen LogP contribution in [0.25, 0.3) is 0 Å². The van der Waals surface area contributed by atoms with Gasteiger partial charge in [0.05, 0.1) is 0 Å². The normalized spacial score (nSPS) is 11.9. The summed E-state index contributed by atoms with van der Waals surface area (Å²) in [5.41, 5.74) is 4.90. The quantitative estimate of drug-likeness (QED) is 0.628. The standard InChI is InChI=1S/C6H11NO2.C2HF3O2/c1-6(2,7)4-3-5(8)9;3-2(4,5)1(6)7/h3-4H,7H2,1-2H3,(H,8,9);(H,6,7)/b4-3+;. The predicted molar refractivity (Wildman–Crippen MR) is 48.7 cm³/mol. The second-order valence-corrected chi connectivity index (χ2v) is 3.30. The smallest absolute Gasteiger partial charge is 0.478 e. The molecular weight excluding hydrogens is 231 g/mol. The van der Waals surface area contributed by atoms with Crippen molar-refractivity contribution in [3.63, 3.8) is 0 Å². The molecule has 0 bridgehead atoms. The zero-order valence-electron chi connectivity index (χ0n) is 8.58. The van der Waals surface area contributed by atoms with E-state index < -0.39 is 23.7 Å². The van der Waals surface area contributed by atoms with Gasteiger partial charge in [-0.1, -0.05) is 6.08 Å². The van der Waals surface area contributed by atoms with Gasteiger partial charge in [0, 0.05) is 11.6 Å². The topological polar surface area (TPSA) is 101 Å². The molecule has 0 radical (unpaired) electrons. The number of rotatable bonds is 2. The number of carboxylic acids is 2. The third-order valence-electron chi connectivity index (χ3n) is 0.898. The van der Waals surface area contributed by atoms with Gasteiger partial charge in [0.25, 0.3) is 0 Å². The molecule has 5 nitrogen and oxygen atoms in total. The van der Waals surface area contributed by atoms with Crippen molar-refractivity contribution in [3.8, 4) is 0 Å². The van der Waals surface area contributed by atoms with E-state index >= 15 is 0 Å². The minimum absolute atomic E-state index is 0.529. The Bertz CT molecular complexity index is 278. The van der Waals surface area contributed by atoms with Crippen molar-refractivity contribution in [2.24, 2.45) is 5.73 Å². The first-order valence-electron chi connectivity index (χ1n) is 3.87. The number of carbonyl (C=O) groups is 2. The molecule has 0 spiro atoms. The van der Waals surface area contributed by atoms with Gasteiger partial charge in [-0.2, -0.15) is 13.2 Å². The lowest BCUT2D eigenvalue weighted by Gasteiger charge is -2.10. The van der Waals surface area contributed by atoms with Crippen LogP contribution in [0.4, 0.5) is 13.2 Å². The summed E-state index contributed by atoms with van der Waals surface area (Å²) >= 11 is 0. The van der Waals surface area contributed by atoms with Crippen LogP contribution in [0, 0.1) is 0 Å². The lowest BCUT2D eigenvalue weighted by molar-refractivity contribution is -0.192. The number of halogens is 3. The van der Waals surface area contributed by atoms with Crippen LogP contribution >= 0.6 is 0 Å². The zero-order valence-corrected chi connectivity index (χ0v) is 8.58. The molecule has 0 unspecified atom stereocenters. The highest BCUT2D eigenvalue weighted by molar-refractivity contribution is 5.79. The Kier molecular flexibility index (Phi) is 6.43. The monoisotopic (exact) mass is 243 g/mol. The predicted octanol–water partition coefficient (Wildman–Crippen LogP) is 0.998. The Morgan fingerprint density at radius 3 is 1.56 bits per heavy atom. The average molecular weight is 243 g/mol. The van der Waals surface area contributed by atoms with Crippen LogP contribution in [0.5, 0.6) is 0 Å². The van der Waals surface area contributed by atoms with Gasteiger partial charge >= 0.3 is 18.1 Å². The second kappa shape index (κ2) is 6.11. The molecule has 0 rings (SSSR count). The summed E-state index contributed by atoms with van der Waals surface area (Å²) in [6.45, 7) is 3.46. The van der Waals surface area contributed by atoms with Crippen molar-refractivity contribution in [1.82, 2.24) is 0 Å². The fourth-order valence-corrected chi connectivity index (χ4v) is 0.286. The summed E-state index contributed by atoms with van der Waals surface area (Å²) in [5.74, 6) is -3.72. The van der Waals surface area contributed by atoms with Crippen molar-refractivity contribution < 1.29 is 33.0 Å². The molecule has 0 aromatic rings. The molecule has 0 aliphatic heterocycles. The molecule has 0 saturated carbocycles. The summed E-state index contributed by atoms with van der Waals surface area (Å²) in [6.07, 6.45) is -2.60. The Hall–Kier alpha value is -1.57. The number of carboxylic acid groups (broad SMARTS) is 2.